The lowest BCUT2D eigenvalue weighted by Crippen LogP contribution is -2.41. The van der Waals surface area contributed by atoms with Gasteiger partial charge in [-0.2, -0.15) is 0 Å². The average molecular weight is 403 g/mol. The maximum atomic E-state index is 8.18. The summed E-state index contributed by atoms with van der Waals surface area (Å²) in [5.74, 6) is 0. The molecule has 2 aromatic carbocycles. The van der Waals surface area contributed by atoms with Gasteiger partial charge in [0.1, 0.15) is 0 Å². The van der Waals surface area contributed by atoms with Gasteiger partial charge in [0.2, 0.25) is 0 Å². The zero-order valence-electron chi connectivity index (χ0n) is 16.0. The molecule has 0 aromatic heterocycles. The first-order chi connectivity index (χ1) is 12.7. The highest BCUT2D eigenvalue weighted by Crippen LogP contribution is 2.36. The van der Waals surface area contributed by atoms with E-state index < -0.39 is 0 Å². The number of halogens is 1. The first kappa shape index (κ1) is 20.4. The van der Waals surface area contributed by atoms with Crippen LogP contribution in [0.25, 0.3) is 0 Å². The van der Waals surface area contributed by atoms with Crippen LogP contribution in [0.15, 0.2) is 53.4 Å². The van der Waals surface area contributed by atoms with E-state index in [0.29, 0.717) is 17.3 Å². The largest absolute Gasteiger partial charge is 0.494 e. The van der Waals surface area contributed by atoms with Crippen LogP contribution >= 0.6 is 23.5 Å². The fourth-order valence-electron chi connectivity index (χ4n) is 2.67. The van der Waals surface area contributed by atoms with Crippen LogP contribution in [0, 0.1) is 5.41 Å². The molecule has 1 aliphatic rings. The predicted molar refractivity (Wildman–Crippen MR) is 114 cm³/mol. The van der Waals surface area contributed by atoms with Crippen molar-refractivity contribution in [2.75, 3.05) is 6.54 Å². The molecule has 142 valence electrons. The lowest BCUT2D eigenvalue weighted by Gasteiger charge is -2.32. The van der Waals surface area contributed by atoms with Crippen LogP contribution in [0.5, 0.6) is 0 Å². The number of benzene rings is 2. The van der Waals surface area contributed by atoms with Gasteiger partial charge in [-0.05, 0) is 74.9 Å². The van der Waals surface area contributed by atoms with Crippen LogP contribution in [0.1, 0.15) is 33.3 Å². The molecule has 7 heteroatoms. The molecule has 27 heavy (non-hydrogen) atoms. The van der Waals surface area contributed by atoms with Crippen LogP contribution in [0.2, 0.25) is 5.02 Å². The first-order valence-electron chi connectivity index (χ1n) is 8.87. The molecule has 0 atom stereocenters. The summed E-state index contributed by atoms with van der Waals surface area (Å²) in [5, 5.41) is 8.82. The summed E-state index contributed by atoms with van der Waals surface area (Å²) >= 11 is 7.48. The highest BCUT2D eigenvalue weighted by Gasteiger charge is 2.51. The lowest BCUT2D eigenvalue weighted by atomic mass is 9.79. The molecule has 2 aromatic rings. The summed E-state index contributed by atoms with van der Waals surface area (Å²) in [6.07, 6.45) is 0. The number of rotatable bonds is 6. The van der Waals surface area contributed by atoms with E-state index in [1.807, 2.05) is 36.4 Å². The van der Waals surface area contributed by atoms with E-state index in [9.17, 15) is 0 Å². The Kier molecular flexibility index (Phi) is 6.03. The summed E-state index contributed by atoms with van der Waals surface area (Å²) in [7, 11) is -0.375. The summed E-state index contributed by atoms with van der Waals surface area (Å²) in [5.41, 5.74) is 1.59. The molecular weight excluding hydrogens is 379 g/mol. The van der Waals surface area contributed by atoms with Gasteiger partial charge < -0.3 is 14.7 Å². The minimum absolute atomic E-state index is 0.356. The van der Waals surface area contributed by atoms with Crippen LogP contribution < -0.4 is 10.2 Å². The Balaban J connectivity index is 1.59. The van der Waals surface area contributed by atoms with Crippen molar-refractivity contribution in [3.05, 3.63) is 59.1 Å². The Bertz CT molecular complexity index is 828. The summed E-state index contributed by atoms with van der Waals surface area (Å²) in [4.78, 5) is 1.04. The number of nitrogens with one attached hydrogen (secondary N) is 2. The van der Waals surface area contributed by atoms with Crippen LogP contribution in [0.3, 0.4) is 0 Å². The summed E-state index contributed by atoms with van der Waals surface area (Å²) in [6.45, 7) is 8.64. The average Bonchev–Trinajstić information content (AvgIpc) is 2.83. The maximum absolute atomic E-state index is 8.18. The van der Waals surface area contributed by atoms with E-state index >= 15 is 0 Å². The topological polar surface area (TPSA) is 54.3 Å². The molecule has 3 rings (SSSR count). The summed E-state index contributed by atoms with van der Waals surface area (Å²) in [6, 6.07) is 15.4. The third kappa shape index (κ3) is 4.76. The van der Waals surface area contributed by atoms with Gasteiger partial charge in [0.15, 0.2) is 0 Å². The molecule has 0 spiro atoms. The van der Waals surface area contributed by atoms with Gasteiger partial charge in [0.25, 0.3) is 0 Å². The highest BCUT2D eigenvalue weighted by molar-refractivity contribution is 7.97. The maximum Gasteiger partial charge on any atom is 0.494 e. The van der Waals surface area contributed by atoms with Crippen molar-refractivity contribution < 1.29 is 9.31 Å². The van der Waals surface area contributed by atoms with Crippen molar-refractivity contribution in [2.24, 2.45) is 0 Å². The van der Waals surface area contributed by atoms with Gasteiger partial charge in [-0.25, -0.2) is 0 Å². The van der Waals surface area contributed by atoms with Gasteiger partial charge >= 0.3 is 7.12 Å². The van der Waals surface area contributed by atoms with E-state index in [1.54, 1.807) is 6.07 Å². The molecule has 1 heterocycles. The van der Waals surface area contributed by atoms with Gasteiger partial charge in [0, 0.05) is 16.5 Å². The van der Waals surface area contributed by atoms with E-state index in [4.69, 9.17) is 26.3 Å². The summed E-state index contributed by atoms with van der Waals surface area (Å²) < 4.78 is 15.5. The third-order valence-corrected chi connectivity index (χ3v) is 6.01. The molecule has 2 N–H and O–H groups in total. The van der Waals surface area contributed by atoms with Crippen molar-refractivity contribution in [3.8, 4) is 0 Å². The Labute approximate surface area is 170 Å². The Morgan fingerprint density at radius 3 is 2.41 bits per heavy atom. The Hall–Kier alpha value is -1.31. The molecule has 1 saturated heterocycles. The van der Waals surface area contributed by atoms with Crippen LogP contribution in [-0.2, 0) is 9.31 Å². The predicted octanol–water partition coefficient (Wildman–Crippen LogP) is 4.30. The minimum Gasteiger partial charge on any atom is -0.399 e. The molecule has 0 amide bonds. The number of hydrogen-bond donors (Lipinski definition) is 2. The second-order valence-electron chi connectivity index (χ2n) is 7.57. The second-order valence-corrected chi connectivity index (χ2v) is 8.97. The third-order valence-electron chi connectivity index (χ3n) is 5.00. The molecule has 1 fully saturated rings. The van der Waals surface area contributed by atoms with Gasteiger partial charge in [-0.3, -0.25) is 4.72 Å². The van der Waals surface area contributed by atoms with E-state index in [0.717, 1.165) is 15.9 Å². The van der Waals surface area contributed by atoms with Crippen LogP contribution in [-0.4, -0.2) is 30.6 Å². The van der Waals surface area contributed by atoms with Gasteiger partial charge in [-0.15, -0.1) is 0 Å². The quantitative estimate of drug-likeness (QED) is 0.429. The Morgan fingerprint density at radius 1 is 1.07 bits per heavy atom. The second kappa shape index (κ2) is 7.98. The fourth-order valence-corrected chi connectivity index (χ4v) is 3.59. The monoisotopic (exact) mass is 402 g/mol. The van der Waals surface area contributed by atoms with Crippen molar-refractivity contribution in [2.45, 2.75) is 43.8 Å². The zero-order chi connectivity index (χ0) is 19.7. The molecule has 4 nitrogen and oxygen atoms in total. The SMILES string of the molecule is CC1(C)OB(c2cccc(SNCC(=N)c3cccc(Cl)c3)c2)OC1(C)C. The van der Waals surface area contributed by atoms with Gasteiger partial charge in [0.05, 0.1) is 16.9 Å². The fraction of sp³-hybridized carbons (Fsp3) is 0.350. The minimum atomic E-state index is -0.375. The van der Waals surface area contributed by atoms with Crippen molar-refractivity contribution in [1.82, 2.24) is 4.72 Å². The van der Waals surface area contributed by atoms with Crippen LogP contribution in [0.4, 0.5) is 0 Å². The van der Waals surface area contributed by atoms with E-state index in [2.05, 4.69) is 38.5 Å². The smallest absolute Gasteiger partial charge is 0.399 e. The van der Waals surface area contributed by atoms with Crippen molar-refractivity contribution in [3.63, 3.8) is 0 Å². The standard InChI is InChI=1S/C20H24BClN2O2S/c1-19(2)20(3,4)26-21(25-19)15-8-6-10-17(12-15)27-24-13-18(23)14-7-5-9-16(22)11-14/h5-12,23-24H,13H2,1-4H3. The molecule has 0 unspecified atom stereocenters. The molecule has 0 saturated carbocycles. The van der Waals surface area contributed by atoms with Crippen molar-refractivity contribution >= 4 is 41.8 Å². The molecule has 0 aliphatic carbocycles. The number of hydrogen-bond acceptors (Lipinski definition) is 5. The first-order valence-corrected chi connectivity index (χ1v) is 10.1. The molecule has 0 bridgehead atoms. The van der Waals surface area contributed by atoms with E-state index in [-0.39, 0.29) is 18.3 Å². The molecular formula is C20H24BClN2O2S. The normalized spacial score (nSPS) is 17.9. The molecule has 1 aliphatic heterocycles. The highest BCUT2D eigenvalue weighted by atomic mass is 35.5. The van der Waals surface area contributed by atoms with Crippen molar-refractivity contribution in [1.29, 1.82) is 5.41 Å². The van der Waals surface area contributed by atoms with E-state index in [1.165, 1.54) is 11.9 Å². The zero-order valence-corrected chi connectivity index (χ0v) is 17.6. The van der Waals surface area contributed by atoms with Gasteiger partial charge in [-0.1, -0.05) is 35.9 Å². The molecule has 0 radical (unpaired) electrons. The lowest BCUT2D eigenvalue weighted by molar-refractivity contribution is 0.00578. The Morgan fingerprint density at radius 2 is 1.74 bits per heavy atom.